The largest absolute Gasteiger partial charge is 0.465 e. The van der Waals surface area contributed by atoms with E-state index in [-0.39, 0.29) is 18.6 Å². The number of rotatable bonds is 4. The summed E-state index contributed by atoms with van der Waals surface area (Å²) in [5.41, 5.74) is 4.92. The Morgan fingerprint density at radius 2 is 1.60 bits per heavy atom. The average Bonchev–Trinajstić information content (AvgIpc) is 2.80. The number of nitrogens with one attached hydrogen (secondary N) is 1. The third-order valence-corrected chi connectivity index (χ3v) is 3.59. The number of ether oxygens (including phenoxy) is 1. The Bertz CT molecular complexity index is 591. The zero-order valence-corrected chi connectivity index (χ0v) is 11.4. The maximum atomic E-state index is 11.5. The van der Waals surface area contributed by atoms with Gasteiger partial charge in [-0.25, -0.2) is 0 Å². The van der Waals surface area contributed by atoms with Gasteiger partial charge in [-0.1, -0.05) is 48.5 Å². The van der Waals surface area contributed by atoms with Crippen molar-refractivity contribution in [2.75, 3.05) is 13.2 Å². The van der Waals surface area contributed by atoms with E-state index in [0.717, 1.165) is 0 Å². The van der Waals surface area contributed by atoms with Crippen molar-refractivity contribution in [2.24, 2.45) is 0 Å². The molecule has 0 aliphatic heterocycles. The van der Waals surface area contributed by atoms with Gasteiger partial charge in [-0.15, -0.1) is 0 Å². The second-order valence-corrected chi connectivity index (χ2v) is 4.79. The molecule has 1 aliphatic carbocycles. The first-order valence-electron chi connectivity index (χ1n) is 6.88. The fraction of sp³-hybridized carbons (Fsp3) is 0.235. The molecule has 0 unspecified atom stereocenters. The van der Waals surface area contributed by atoms with Crippen molar-refractivity contribution in [3.8, 4) is 11.1 Å². The molecule has 0 saturated carbocycles. The molecule has 0 fully saturated rings. The van der Waals surface area contributed by atoms with Crippen LogP contribution in [0.1, 0.15) is 24.1 Å². The van der Waals surface area contributed by atoms with Crippen LogP contribution in [0.3, 0.4) is 0 Å². The Morgan fingerprint density at radius 1 is 1.05 bits per heavy atom. The first kappa shape index (κ1) is 12.9. The van der Waals surface area contributed by atoms with Gasteiger partial charge in [0.25, 0.3) is 0 Å². The number of fused-ring (bicyclic) bond motifs is 3. The first-order chi connectivity index (χ1) is 9.81. The van der Waals surface area contributed by atoms with Crippen LogP contribution in [0.15, 0.2) is 48.5 Å². The number of esters is 1. The van der Waals surface area contributed by atoms with Gasteiger partial charge in [-0.3, -0.25) is 10.1 Å². The summed E-state index contributed by atoms with van der Waals surface area (Å²) >= 11 is 0. The third-order valence-electron chi connectivity index (χ3n) is 3.59. The van der Waals surface area contributed by atoms with Gasteiger partial charge in [-0.05, 0) is 29.2 Å². The molecular weight excluding hydrogens is 250 g/mol. The van der Waals surface area contributed by atoms with Crippen LogP contribution in [0.2, 0.25) is 0 Å². The Balaban J connectivity index is 1.89. The highest BCUT2D eigenvalue weighted by atomic mass is 16.5. The molecule has 0 atom stereocenters. The molecular formula is C17H17NO2. The van der Waals surface area contributed by atoms with Crippen LogP contribution in [0.25, 0.3) is 11.1 Å². The van der Waals surface area contributed by atoms with Crippen molar-refractivity contribution < 1.29 is 9.53 Å². The Kier molecular flexibility index (Phi) is 3.52. The van der Waals surface area contributed by atoms with Gasteiger partial charge in [0.15, 0.2) is 0 Å². The lowest BCUT2D eigenvalue weighted by molar-refractivity contribution is -0.142. The van der Waals surface area contributed by atoms with Gasteiger partial charge in [-0.2, -0.15) is 0 Å². The summed E-state index contributed by atoms with van der Waals surface area (Å²) < 4.78 is 4.98. The standard InChI is InChI=1S/C17H17NO2/c1-2-20-16(19)11-18-17-14-9-5-3-7-12(14)13-8-4-6-10-15(13)17/h3-10,17-18H,2,11H2,1H3. The molecule has 0 saturated heterocycles. The van der Waals surface area contributed by atoms with E-state index in [2.05, 4.69) is 29.6 Å². The molecule has 0 radical (unpaired) electrons. The highest BCUT2D eigenvalue weighted by Crippen LogP contribution is 2.42. The highest BCUT2D eigenvalue weighted by molar-refractivity contribution is 5.79. The second kappa shape index (κ2) is 5.47. The maximum absolute atomic E-state index is 11.5. The van der Waals surface area contributed by atoms with Gasteiger partial charge in [0.2, 0.25) is 0 Å². The monoisotopic (exact) mass is 267 g/mol. The molecule has 3 rings (SSSR count). The Hall–Kier alpha value is -2.13. The average molecular weight is 267 g/mol. The molecule has 0 heterocycles. The molecule has 102 valence electrons. The summed E-state index contributed by atoms with van der Waals surface area (Å²) in [6, 6.07) is 16.7. The third kappa shape index (κ3) is 2.21. The van der Waals surface area contributed by atoms with Crippen molar-refractivity contribution in [1.82, 2.24) is 5.32 Å². The molecule has 20 heavy (non-hydrogen) atoms. The van der Waals surface area contributed by atoms with Crippen molar-refractivity contribution in [3.05, 3.63) is 59.7 Å². The number of hydrogen-bond acceptors (Lipinski definition) is 3. The van der Waals surface area contributed by atoms with E-state index in [1.165, 1.54) is 22.3 Å². The number of carbonyl (C=O) groups excluding carboxylic acids is 1. The van der Waals surface area contributed by atoms with Gasteiger partial charge < -0.3 is 4.74 Å². The van der Waals surface area contributed by atoms with Gasteiger partial charge >= 0.3 is 5.97 Å². The molecule has 1 aliphatic rings. The quantitative estimate of drug-likeness (QED) is 0.866. The van der Waals surface area contributed by atoms with Crippen LogP contribution in [0.4, 0.5) is 0 Å². The summed E-state index contributed by atoms with van der Waals surface area (Å²) in [6.45, 7) is 2.46. The van der Waals surface area contributed by atoms with E-state index in [1.807, 2.05) is 31.2 Å². The molecule has 0 bridgehead atoms. The zero-order valence-electron chi connectivity index (χ0n) is 11.4. The van der Waals surface area contributed by atoms with Crippen LogP contribution in [0.5, 0.6) is 0 Å². The summed E-state index contributed by atoms with van der Waals surface area (Å²) in [7, 11) is 0. The van der Waals surface area contributed by atoms with E-state index in [4.69, 9.17) is 4.74 Å². The molecule has 0 spiro atoms. The summed E-state index contributed by atoms with van der Waals surface area (Å²) in [5.74, 6) is -0.214. The van der Waals surface area contributed by atoms with Crippen LogP contribution in [0, 0.1) is 0 Å². The minimum Gasteiger partial charge on any atom is -0.465 e. The predicted octanol–water partition coefficient (Wildman–Crippen LogP) is 2.91. The minimum absolute atomic E-state index is 0.0619. The molecule has 0 amide bonds. The zero-order chi connectivity index (χ0) is 13.9. The van der Waals surface area contributed by atoms with Gasteiger partial charge in [0.05, 0.1) is 19.2 Å². The van der Waals surface area contributed by atoms with E-state index < -0.39 is 0 Å². The van der Waals surface area contributed by atoms with E-state index >= 15 is 0 Å². The number of benzene rings is 2. The molecule has 3 heteroatoms. The van der Waals surface area contributed by atoms with Crippen LogP contribution in [-0.4, -0.2) is 19.1 Å². The van der Waals surface area contributed by atoms with E-state index in [0.29, 0.717) is 6.61 Å². The summed E-state index contributed by atoms with van der Waals surface area (Å²) in [6.07, 6.45) is 0. The number of carbonyl (C=O) groups is 1. The Labute approximate surface area is 118 Å². The van der Waals surface area contributed by atoms with Crippen LogP contribution in [-0.2, 0) is 9.53 Å². The van der Waals surface area contributed by atoms with Crippen LogP contribution < -0.4 is 5.32 Å². The molecule has 0 aromatic heterocycles. The molecule has 2 aromatic rings. The van der Waals surface area contributed by atoms with Gasteiger partial charge in [0, 0.05) is 0 Å². The normalized spacial score (nSPS) is 12.8. The predicted molar refractivity (Wildman–Crippen MR) is 78.4 cm³/mol. The van der Waals surface area contributed by atoms with Crippen molar-refractivity contribution >= 4 is 5.97 Å². The van der Waals surface area contributed by atoms with Crippen molar-refractivity contribution in [3.63, 3.8) is 0 Å². The number of hydrogen-bond donors (Lipinski definition) is 1. The van der Waals surface area contributed by atoms with Crippen molar-refractivity contribution in [2.45, 2.75) is 13.0 Å². The SMILES string of the molecule is CCOC(=O)CNC1c2ccccc2-c2ccccc21. The molecule has 1 N–H and O–H groups in total. The lowest BCUT2D eigenvalue weighted by atomic mass is 10.1. The van der Waals surface area contributed by atoms with Crippen molar-refractivity contribution in [1.29, 1.82) is 0 Å². The van der Waals surface area contributed by atoms with E-state index in [1.54, 1.807) is 0 Å². The smallest absolute Gasteiger partial charge is 0.319 e. The highest BCUT2D eigenvalue weighted by Gasteiger charge is 2.27. The lowest BCUT2D eigenvalue weighted by Crippen LogP contribution is -2.28. The Morgan fingerprint density at radius 3 is 2.15 bits per heavy atom. The summed E-state index contributed by atoms with van der Waals surface area (Å²) in [4.78, 5) is 11.5. The van der Waals surface area contributed by atoms with Crippen LogP contribution >= 0.6 is 0 Å². The topological polar surface area (TPSA) is 38.3 Å². The van der Waals surface area contributed by atoms with E-state index in [9.17, 15) is 4.79 Å². The first-order valence-corrected chi connectivity index (χ1v) is 6.88. The fourth-order valence-electron chi connectivity index (χ4n) is 2.77. The lowest BCUT2D eigenvalue weighted by Gasteiger charge is -2.15. The molecule has 2 aromatic carbocycles. The second-order valence-electron chi connectivity index (χ2n) is 4.79. The summed E-state index contributed by atoms with van der Waals surface area (Å²) in [5, 5.41) is 3.30. The fourth-order valence-corrected chi connectivity index (χ4v) is 2.77. The molecule has 3 nitrogen and oxygen atoms in total. The van der Waals surface area contributed by atoms with Gasteiger partial charge in [0.1, 0.15) is 0 Å². The minimum atomic E-state index is -0.214. The maximum Gasteiger partial charge on any atom is 0.319 e.